The number of aromatic nitrogens is 3. The smallest absolute Gasteiger partial charge is 0.292 e. The van der Waals surface area contributed by atoms with Gasteiger partial charge in [0, 0.05) is 12.7 Å². The number of halogens is 1. The molecular weight excluding hydrogens is 309 g/mol. The Bertz CT molecular complexity index is 974. The fourth-order valence-electron chi connectivity index (χ4n) is 2.69. The number of nitrogens with zero attached hydrogens (tertiary/aromatic N) is 3. The summed E-state index contributed by atoms with van der Waals surface area (Å²) in [5.74, 6) is -0.355. The molecule has 0 spiro atoms. The summed E-state index contributed by atoms with van der Waals surface area (Å²) < 4.78 is 15.8. The van der Waals surface area contributed by atoms with Gasteiger partial charge in [-0.25, -0.2) is 14.2 Å². The van der Waals surface area contributed by atoms with Crippen LogP contribution in [0.2, 0.25) is 0 Å². The molecule has 0 atom stereocenters. The van der Waals surface area contributed by atoms with Crippen LogP contribution in [0.3, 0.4) is 0 Å². The van der Waals surface area contributed by atoms with E-state index in [9.17, 15) is 14.0 Å². The number of rotatable bonds is 5. The molecule has 0 saturated heterocycles. The van der Waals surface area contributed by atoms with Gasteiger partial charge in [0.2, 0.25) is 0 Å². The molecule has 1 aromatic carbocycles. The SMILES string of the molecule is CCCCn1c(=O)n(Cc2ccc(F)cc2)c(=O)c2ncccc21. The molecule has 0 radical (unpaired) electrons. The fourth-order valence-corrected chi connectivity index (χ4v) is 2.69. The van der Waals surface area contributed by atoms with Gasteiger partial charge in [0.25, 0.3) is 5.56 Å². The molecule has 0 bridgehead atoms. The van der Waals surface area contributed by atoms with Crippen molar-refractivity contribution in [3.05, 3.63) is 74.8 Å². The quantitative estimate of drug-likeness (QED) is 0.723. The molecule has 0 aliphatic heterocycles. The summed E-state index contributed by atoms with van der Waals surface area (Å²) in [5, 5.41) is 0. The van der Waals surface area contributed by atoms with Crippen molar-refractivity contribution in [2.24, 2.45) is 0 Å². The molecule has 2 heterocycles. The maximum atomic E-state index is 13.1. The molecule has 3 aromatic rings. The van der Waals surface area contributed by atoms with Crippen molar-refractivity contribution < 1.29 is 4.39 Å². The van der Waals surface area contributed by atoms with Crippen LogP contribution in [0.1, 0.15) is 25.3 Å². The first-order valence-corrected chi connectivity index (χ1v) is 7.94. The van der Waals surface area contributed by atoms with Gasteiger partial charge in [0.1, 0.15) is 5.82 Å². The topological polar surface area (TPSA) is 56.9 Å². The molecule has 0 N–H and O–H groups in total. The lowest BCUT2D eigenvalue weighted by Crippen LogP contribution is -2.40. The molecular formula is C18H18FN3O2. The highest BCUT2D eigenvalue weighted by molar-refractivity contribution is 5.73. The Morgan fingerprint density at radius 1 is 1.08 bits per heavy atom. The third-order valence-corrected chi connectivity index (χ3v) is 3.98. The van der Waals surface area contributed by atoms with Gasteiger partial charge in [0.15, 0.2) is 5.52 Å². The number of fused-ring (bicyclic) bond motifs is 1. The van der Waals surface area contributed by atoms with Crippen molar-refractivity contribution in [3.8, 4) is 0 Å². The molecule has 0 amide bonds. The van der Waals surface area contributed by atoms with E-state index in [2.05, 4.69) is 4.98 Å². The Balaban J connectivity index is 2.18. The average Bonchev–Trinajstić information content (AvgIpc) is 2.60. The van der Waals surface area contributed by atoms with E-state index in [1.165, 1.54) is 12.1 Å². The van der Waals surface area contributed by atoms with Crippen molar-refractivity contribution in [2.75, 3.05) is 0 Å². The average molecular weight is 327 g/mol. The lowest BCUT2D eigenvalue weighted by molar-refractivity contribution is 0.570. The van der Waals surface area contributed by atoms with E-state index in [1.807, 2.05) is 6.92 Å². The standard InChI is InChI=1S/C18H18FN3O2/c1-2-3-11-21-15-5-4-10-20-16(15)17(23)22(18(21)24)12-13-6-8-14(19)9-7-13/h4-10H,2-3,11-12H2,1H3. The van der Waals surface area contributed by atoms with Crippen LogP contribution in [-0.4, -0.2) is 14.1 Å². The lowest BCUT2D eigenvalue weighted by atomic mass is 10.2. The molecule has 0 unspecified atom stereocenters. The van der Waals surface area contributed by atoms with Gasteiger partial charge in [-0.05, 0) is 36.2 Å². The van der Waals surface area contributed by atoms with Gasteiger partial charge in [-0.3, -0.25) is 13.9 Å². The van der Waals surface area contributed by atoms with Crippen LogP contribution < -0.4 is 11.2 Å². The van der Waals surface area contributed by atoms with Gasteiger partial charge < -0.3 is 0 Å². The zero-order chi connectivity index (χ0) is 17.1. The molecule has 5 nitrogen and oxygen atoms in total. The van der Waals surface area contributed by atoms with Crippen LogP contribution >= 0.6 is 0 Å². The van der Waals surface area contributed by atoms with Crippen LogP contribution in [0.15, 0.2) is 52.2 Å². The van der Waals surface area contributed by atoms with E-state index in [-0.39, 0.29) is 23.6 Å². The number of aryl methyl sites for hydroxylation is 1. The summed E-state index contributed by atoms with van der Waals surface area (Å²) in [6.07, 6.45) is 3.31. The molecule has 0 saturated carbocycles. The molecule has 0 aliphatic rings. The predicted octanol–water partition coefficient (Wildman–Crippen LogP) is 2.55. The Hall–Kier alpha value is -2.76. The Morgan fingerprint density at radius 2 is 1.83 bits per heavy atom. The predicted molar refractivity (Wildman–Crippen MR) is 90.7 cm³/mol. The summed E-state index contributed by atoms with van der Waals surface area (Å²) in [7, 11) is 0. The Morgan fingerprint density at radius 3 is 2.54 bits per heavy atom. The van der Waals surface area contributed by atoms with Gasteiger partial charge >= 0.3 is 5.69 Å². The van der Waals surface area contributed by atoms with Gasteiger partial charge in [-0.15, -0.1) is 0 Å². The van der Waals surface area contributed by atoms with Gasteiger partial charge in [-0.1, -0.05) is 25.5 Å². The number of hydrogen-bond acceptors (Lipinski definition) is 3. The highest BCUT2D eigenvalue weighted by Crippen LogP contribution is 2.08. The van der Waals surface area contributed by atoms with Crippen molar-refractivity contribution in [2.45, 2.75) is 32.9 Å². The number of benzene rings is 1. The first kappa shape index (κ1) is 16.1. The van der Waals surface area contributed by atoms with E-state index in [0.717, 1.165) is 17.4 Å². The maximum absolute atomic E-state index is 13.1. The zero-order valence-electron chi connectivity index (χ0n) is 13.4. The zero-order valence-corrected chi connectivity index (χ0v) is 13.4. The summed E-state index contributed by atoms with van der Waals surface area (Å²) in [4.78, 5) is 29.6. The van der Waals surface area contributed by atoms with Crippen LogP contribution in [0.25, 0.3) is 11.0 Å². The van der Waals surface area contributed by atoms with Crippen LogP contribution in [0.5, 0.6) is 0 Å². The second-order valence-electron chi connectivity index (χ2n) is 5.68. The van der Waals surface area contributed by atoms with E-state index >= 15 is 0 Å². The summed E-state index contributed by atoms with van der Waals surface area (Å²) >= 11 is 0. The third-order valence-electron chi connectivity index (χ3n) is 3.98. The first-order valence-electron chi connectivity index (χ1n) is 7.94. The summed E-state index contributed by atoms with van der Waals surface area (Å²) in [6.45, 7) is 2.66. The molecule has 6 heteroatoms. The summed E-state index contributed by atoms with van der Waals surface area (Å²) in [6, 6.07) is 9.22. The highest BCUT2D eigenvalue weighted by Gasteiger charge is 2.13. The molecule has 24 heavy (non-hydrogen) atoms. The number of pyridine rings is 1. The number of unbranched alkanes of at least 4 members (excludes halogenated alkanes) is 1. The summed E-state index contributed by atoms with van der Waals surface area (Å²) in [5.41, 5.74) is 0.727. The normalized spacial score (nSPS) is 11.1. The minimum Gasteiger partial charge on any atom is -0.292 e. The molecule has 0 aliphatic carbocycles. The van der Waals surface area contributed by atoms with E-state index < -0.39 is 5.56 Å². The van der Waals surface area contributed by atoms with Crippen molar-refractivity contribution in [3.63, 3.8) is 0 Å². The minimum absolute atomic E-state index is 0.0938. The van der Waals surface area contributed by atoms with Crippen LogP contribution in [0.4, 0.5) is 4.39 Å². The number of hydrogen-bond donors (Lipinski definition) is 0. The highest BCUT2D eigenvalue weighted by atomic mass is 19.1. The largest absolute Gasteiger partial charge is 0.331 e. The monoisotopic (exact) mass is 327 g/mol. The van der Waals surface area contributed by atoms with Crippen molar-refractivity contribution >= 4 is 11.0 Å². The first-order chi connectivity index (χ1) is 11.6. The lowest BCUT2D eigenvalue weighted by Gasteiger charge is -2.13. The van der Waals surface area contributed by atoms with Crippen LogP contribution in [0, 0.1) is 5.82 Å². The molecule has 124 valence electrons. The Labute approximate surface area is 138 Å². The van der Waals surface area contributed by atoms with Crippen LogP contribution in [-0.2, 0) is 13.1 Å². The van der Waals surface area contributed by atoms with E-state index in [0.29, 0.717) is 17.6 Å². The van der Waals surface area contributed by atoms with E-state index in [4.69, 9.17) is 0 Å². The Kier molecular flexibility index (Phi) is 4.55. The van der Waals surface area contributed by atoms with Crippen molar-refractivity contribution in [1.29, 1.82) is 0 Å². The second kappa shape index (κ2) is 6.78. The fraction of sp³-hybridized carbons (Fsp3) is 0.278. The second-order valence-corrected chi connectivity index (χ2v) is 5.68. The molecule has 3 rings (SSSR count). The molecule has 0 fully saturated rings. The van der Waals surface area contributed by atoms with Gasteiger partial charge in [-0.2, -0.15) is 0 Å². The minimum atomic E-state index is -0.423. The maximum Gasteiger partial charge on any atom is 0.331 e. The van der Waals surface area contributed by atoms with Crippen molar-refractivity contribution in [1.82, 2.24) is 14.1 Å². The molecule has 2 aromatic heterocycles. The van der Waals surface area contributed by atoms with Gasteiger partial charge in [0.05, 0.1) is 12.1 Å². The van der Waals surface area contributed by atoms with E-state index in [1.54, 1.807) is 35.0 Å². The third kappa shape index (κ3) is 2.99.